The largest absolute Gasteiger partial charge is 0.391 e. The van der Waals surface area contributed by atoms with E-state index in [1.807, 2.05) is 6.92 Å². The zero-order valence-corrected chi connectivity index (χ0v) is 14.5. The van der Waals surface area contributed by atoms with Crippen LogP contribution in [0.2, 0.25) is 13.1 Å². The minimum absolute atomic E-state index is 0.375. The Kier molecular flexibility index (Phi) is 6.59. The maximum atomic E-state index is 6.42. The van der Waals surface area contributed by atoms with Crippen LogP contribution in [0.4, 0.5) is 0 Å². The normalized spacial score (nSPS) is 28.1. The van der Waals surface area contributed by atoms with Gasteiger partial charge in [-0.2, -0.15) is 0 Å². The summed E-state index contributed by atoms with van der Waals surface area (Å²) in [6.45, 7) is 13.6. The van der Waals surface area contributed by atoms with Gasteiger partial charge in [0.2, 0.25) is 0 Å². The predicted molar refractivity (Wildman–Crippen MR) is 83.1 cm³/mol. The maximum absolute atomic E-state index is 6.42. The summed E-state index contributed by atoms with van der Waals surface area (Å²) in [5.74, 6) is 7.99. The fourth-order valence-corrected chi connectivity index (χ4v) is 4.42. The number of hydrogen-bond donors (Lipinski definition) is 0. The first-order valence-corrected chi connectivity index (χ1v) is 10.4. The summed E-state index contributed by atoms with van der Waals surface area (Å²) >= 11 is 0. The van der Waals surface area contributed by atoms with Gasteiger partial charge < -0.3 is 8.85 Å². The molecule has 0 amide bonds. The third-order valence-corrected chi connectivity index (χ3v) is 5.78. The molecule has 0 aliphatic heterocycles. The van der Waals surface area contributed by atoms with E-state index in [1.54, 1.807) is 0 Å². The molecule has 1 saturated carbocycles. The first-order chi connectivity index (χ1) is 8.85. The van der Waals surface area contributed by atoms with Gasteiger partial charge in [0.1, 0.15) is 0 Å². The molecule has 110 valence electrons. The van der Waals surface area contributed by atoms with Crippen LogP contribution in [0.5, 0.6) is 0 Å². The van der Waals surface area contributed by atoms with Crippen molar-refractivity contribution in [2.45, 2.75) is 66.2 Å². The highest BCUT2D eigenvalue weighted by Crippen LogP contribution is 2.36. The van der Waals surface area contributed by atoms with E-state index in [4.69, 9.17) is 8.85 Å². The molecule has 3 atom stereocenters. The Hall–Kier alpha value is -0.303. The van der Waals surface area contributed by atoms with Gasteiger partial charge in [0.05, 0.1) is 12.7 Å². The van der Waals surface area contributed by atoms with Gasteiger partial charge in [-0.3, -0.25) is 0 Å². The molecule has 0 bridgehead atoms. The average molecular weight is 282 g/mol. The van der Waals surface area contributed by atoms with Gasteiger partial charge in [-0.15, -0.1) is 5.92 Å². The van der Waals surface area contributed by atoms with Crippen LogP contribution >= 0.6 is 0 Å². The fraction of sp³-hybridized carbons (Fsp3) is 0.875. The third-order valence-electron chi connectivity index (χ3n) is 4.07. The number of hydrogen-bond acceptors (Lipinski definition) is 2. The molecule has 1 aliphatic carbocycles. The lowest BCUT2D eigenvalue weighted by atomic mass is 9.75. The van der Waals surface area contributed by atoms with Crippen LogP contribution in [-0.2, 0) is 8.85 Å². The minimum Gasteiger partial charge on any atom is -0.391 e. The van der Waals surface area contributed by atoms with E-state index in [2.05, 4.69) is 45.7 Å². The molecule has 1 fully saturated rings. The van der Waals surface area contributed by atoms with Crippen molar-refractivity contribution in [3.8, 4) is 11.8 Å². The second kappa shape index (κ2) is 7.47. The van der Waals surface area contributed by atoms with Gasteiger partial charge in [-0.05, 0) is 50.6 Å². The molecule has 1 rings (SSSR count). The van der Waals surface area contributed by atoms with Crippen LogP contribution < -0.4 is 0 Å². The molecule has 0 aromatic heterocycles. The molecule has 0 spiro atoms. The quantitative estimate of drug-likeness (QED) is 0.555. The Balaban J connectivity index is 2.60. The van der Waals surface area contributed by atoms with Crippen molar-refractivity contribution in [1.82, 2.24) is 0 Å². The summed E-state index contributed by atoms with van der Waals surface area (Å²) < 4.78 is 12.3. The standard InChI is InChI=1S/C16H30O2Si/c1-7-8-11-17-19(5,6)18-16-12-14(4)9-10-15(16)13(2)3/h13-16H,9-12H2,1-6H3/t14-,15+,16-/m1/s1. The van der Waals surface area contributed by atoms with Crippen molar-refractivity contribution >= 4 is 8.56 Å². The summed E-state index contributed by atoms with van der Waals surface area (Å²) in [7, 11) is -2.05. The highest BCUT2D eigenvalue weighted by Gasteiger charge is 2.37. The van der Waals surface area contributed by atoms with Crippen molar-refractivity contribution in [3.05, 3.63) is 0 Å². The van der Waals surface area contributed by atoms with E-state index in [1.165, 1.54) is 19.3 Å². The SMILES string of the molecule is CC#CCO[Si](C)(C)O[C@@H]1C[C@H](C)CC[C@H]1C(C)C. The van der Waals surface area contributed by atoms with Crippen molar-refractivity contribution in [2.24, 2.45) is 17.8 Å². The monoisotopic (exact) mass is 282 g/mol. The molecule has 0 heterocycles. The summed E-state index contributed by atoms with van der Waals surface area (Å²) in [5.41, 5.74) is 0. The van der Waals surface area contributed by atoms with Crippen LogP contribution in [0, 0.1) is 29.6 Å². The summed E-state index contributed by atoms with van der Waals surface area (Å²) in [5, 5.41) is 0. The van der Waals surface area contributed by atoms with Crippen LogP contribution in [0.15, 0.2) is 0 Å². The molecule has 19 heavy (non-hydrogen) atoms. The lowest BCUT2D eigenvalue weighted by molar-refractivity contribution is 0.0181. The zero-order chi connectivity index (χ0) is 14.5. The van der Waals surface area contributed by atoms with Crippen LogP contribution in [-0.4, -0.2) is 21.3 Å². The number of rotatable bonds is 5. The smallest absolute Gasteiger partial charge is 0.332 e. The Bertz CT molecular complexity index is 327. The lowest BCUT2D eigenvalue weighted by Gasteiger charge is -2.40. The van der Waals surface area contributed by atoms with E-state index >= 15 is 0 Å². The third kappa shape index (κ3) is 5.68. The van der Waals surface area contributed by atoms with Gasteiger partial charge >= 0.3 is 8.56 Å². The van der Waals surface area contributed by atoms with E-state index in [0.29, 0.717) is 24.5 Å². The maximum Gasteiger partial charge on any atom is 0.332 e. The first kappa shape index (κ1) is 16.8. The van der Waals surface area contributed by atoms with Gasteiger partial charge in [0, 0.05) is 0 Å². The Morgan fingerprint density at radius 1 is 1.26 bits per heavy atom. The molecule has 1 aliphatic rings. The van der Waals surface area contributed by atoms with E-state index in [0.717, 1.165) is 5.92 Å². The molecule has 0 radical (unpaired) electrons. The van der Waals surface area contributed by atoms with E-state index in [-0.39, 0.29) is 0 Å². The molecule has 0 saturated heterocycles. The fourth-order valence-electron chi connectivity index (χ4n) is 2.93. The Labute approximate surface area is 120 Å². The molecule has 3 heteroatoms. The molecule has 0 aromatic carbocycles. The topological polar surface area (TPSA) is 18.5 Å². The van der Waals surface area contributed by atoms with Crippen molar-refractivity contribution < 1.29 is 8.85 Å². The summed E-state index contributed by atoms with van der Waals surface area (Å²) in [6, 6.07) is 0. The average Bonchev–Trinajstić information content (AvgIpc) is 2.28. The minimum atomic E-state index is -2.05. The molecule has 2 nitrogen and oxygen atoms in total. The van der Waals surface area contributed by atoms with Crippen molar-refractivity contribution in [1.29, 1.82) is 0 Å². The van der Waals surface area contributed by atoms with Gasteiger partial charge in [0.15, 0.2) is 0 Å². The van der Waals surface area contributed by atoms with Crippen LogP contribution in [0.3, 0.4) is 0 Å². The second-order valence-corrected chi connectivity index (χ2v) is 9.92. The molecule has 0 aromatic rings. The molecular formula is C16H30O2Si. The molecule has 0 unspecified atom stereocenters. The van der Waals surface area contributed by atoms with Gasteiger partial charge in [-0.1, -0.05) is 33.1 Å². The van der Waals surface area contributed by atoms with Crippen molar-refractivity contribution in [3.63, 3.8) is 0 Å². The highest BCUT2D eigenvalue weighted by atomic mass is 28.4. The Morgan fingerprint density at radius 3 is 2.53 bits per heavy atom. The summed E-state index contributed by atoms with van der Waals surface area (Å²) in [6.07, 6.45) is 4.19. The predicted octanol–water partition coefficient (Wildman–Crippen LogP) is 4.21. The van der Waals surface area contributed by atoms with Crippen molar-refractivity contribution in [2.75, 3.05) is 6.61 Å². The molecule has 0 N–H and O–H groups in total. The first-order valence-electron chi connectivity index (χ1n) is 7.57. The van der Waals surface area contributed by atoms with E-state index < -0.39 is 8.56 Å². The molecular weight excluding hydrogens is 252 g/mol. The van der Waals surface area contributed by atoms with Gasteiger partial charge in [0.25, 0.3) is 0 Å². The van der Waals surface area contributed by atoms with Crippen LogP contribution in [0.25, 0.3) is 0 Å². The zero-order valence-electron chi connectivity index (χ0n) is 13.5. The highest BCUT2D eigenvalue weighted by molar-refractivity contribution is 6.64. The lowest BCUT2D eigenvalue weighted by Crippen LogP contribution is -2.45. The second-order valence-electron chi connectivity index (χ2n) is 6.60. The van der Waals surface area contributed by atoms with Crippen LogP contribution in [0.1, 0.15) is 47.0 Å². The summed E-state index contributed by atoms with van der Waals surface area (Å²) in [4.78, 5) is 0. The van der Waals surface area contributed by atoms with E-state index in [9.17, 15) is 0 Å². The van der Waals surface area contributed by atoms with Gasteiger partial charge in [-0.25, -0.2) is 0 Å². The Morgan fingerprint density at radius 2 is 1.95 bits per heavy atom.